The molecule has 10 heteroatoms. The standard InChI is InChI=1S/C36H43ClN2O5S2/c1-5-34-36(30-25-39(21-18-35(30)45-34)24-27-9-6-7-10-31(27)37)46(40,41)29-14-12-28(13-15-29)44-22-8-19-38(2)20-17-26-11-16-32(42-3)33(23-26)43-4/h6-7,9-16,23H,5,8,17-22,24-25H2,1-4H3. The molecule has 2 heterocycles. The smallest absolute Gasteiger partial charge is 0.208 e. The number of ether oxygens (including phenoxy) is 3. The summed E-state index contributed by atoms with van der Waals surface area (Å²) in [6, 6.07) is 20.7. The van der Waals surface area contributed by atoms with Gasteiger partial charge in [-0.3, -0.25) is 4.90 Å². The lowest BCUT2D eigenvalue weighted by Crippen LogP contribution is -2.30. The van der Waals surface area contributed by atoms with Crippen molar-refractivity contribution >= 4 is 32.8 Å². The van der Waals surface area contributed by atoms with E-state index in [4.69, 9.17) is 25.8 Å². The minimum absolute atomic E-state index is 0.299. The highest BCUT2D eigenvalue weighted by Crippen LogP contribution is 2.40. The minimum Gasteiger partial charge on any atom is -0.494 e. The van der Waals surface area contributed by atoms with E-state index in [1.54, 1.807) is 49.8 Å². The Kier molecular flexibility index (Phi) is 11.7. The maximum absolute atomic E-state index is 14.1. The average Bonchev–Trinajstić information content (AvgIpc) is 3.46. The summed E-state index contributed by atoms with van der Waals surface area (Å²) in [6.07, 6.45) is 3.28. The third kappa shape index (κ3) is 8.06. The van der Waals surface area contributed by atoms with Crippen LogP contribution in [0.3, 0.4) is 0 Å². The number of hydrogen-bond donors (Lipinski definition) is 0. The van der Waals surface area contributed by atoms with E-state index in [0.29, 0.717) is 41.7 Å². The van der Waals surface area contributed by atoms with E-state index >= 15 is 0 Å². The molecule has 0 fully saturated rings. The Morgan fingerprint density at radius 3 is 2.46 bits per heavy atom. The van der Waals surface area contributed by atoms with E-state index < -0.39 is 9.84 Å². The molecule has 0 bridgehead atoms. The Balaban J connectivity index is 1.16. The summed E-state index contributed by atoms with van der Waals surface area (Å²) in [7, 11) is 1.70. The normalized spacial score (nSPS) is 13.5. The van der Waals surface area contributed by atoms with Gasteiger partial charge in [0, 0.05) is 47.5 Å². The fourth-order valence-electron chi connectivity index (χ4n) is 5.85. The number of sulfone groups is 1. The van der Waals surface area contributed by atoms with Crippen molar-refractivity contribution in [3.8, 4) is 17.2 Å². The van der Waals surface area contributed by atoms with Crippen LogP contribution in [0.15, 0.2) is 76.5 Å². The second kappa shape index (κ2) is 15.7. The molecule has 0 unspecified atom stereocenters. The van der Waals surface area contributed by atoms with E-state index in [9.17, 15) is 8.42 Å². The van der Waals surface area contributed by atoms with E-state index in [0.717, 1.165) is 71.4 Å². The molecule has 4 aromatic rings. The summed E-state index contributed by atoms with van der Waals surface area (Å²) in [5.41, 5.74) is 3.19. The number of rotatable bonds is 15. The van der Waals surface area contributed by atoms with E-state index in [1.165, 1.54) is 10.4 Å². The molecule has 46 heavy (non-hydrogen) atoms. The number of thiophene rings is 1. The Morgan fingerprint density at radius 1 is 0.978 bits per heavy atom. The summed E-state index contributed by atoms with van der Waals surface area (Å²) in [5, 5.41) is 0.737. The Bertz CT molecular complexity index is 1720. The molecule has 3 aromatic carbocycles. The van der Waals surface area contributed by atoms with Crippen LogP contribution in [0.4, 0.5) is 0 Å². The zero-order chi connectivity index (χ0) is 32.7. The molecule has 0 amide bonds. The first-order valence-corrected chi connectivity index (χ1v) is 18.4. The van der Waals surface area contributed by atoms with Gasteiger partial charge in [0.15, 0.2) is 11.5 Å². The van der Waals surface area contributed by atoms with Crippen molar-refractivity contribution in [3.63, 3.8) is 0 Å². The van der Waals surface area contributed by atoms with Crippen LogP contribution in [-0.2, 0) is 42.2 Å². The highest BCUT2D eigenvalue weighted by molar-refractivity contribution is 7.91. The molecular weight excluding hydrogens is 640 g/mol. The van der Waals surface area contributed by atoms with Gasteiger partial charge in [-0.2, -0.15) is 0 Å². The largest absolute Gasteiger partial charge is 0.494 e. The van der Waals surface area contributed by atoms with Crippen LogP contribution in [0, 0.1) is 0 Å². The van der Waals surface area contributed by atoms with Crippen molar-refractivity contribution in [2.45, 2.75) is 55.5 Å². The van der Waals surface area contributed by atoms with Gasteiger partial charge in [0.05, 0.1) is 30.6 Å². The average molecular weight is 683 g/mol. The van der Waals surface area contributed by atoms with Crippen LogP contribution in [0.2, 0.25) is 5.02 Å². The number of aryl methyl sites for hydroxylation is 1. The number of hydrogen-bond acceptors (Lipinski definition) is 8. The third-order valence-electron chi connectivity index (χ3n) is 8.41. The van der Waals surface area contributed by atoms with Crippen molar-refractivity contribution < 1.29 is 22.6 Å². The van der Waals surface area contributed by atoms with Crippen molar-refractivity contribution in [1.29, 1.82) is 0 Å². The molecule has 246 valence electrons. The predicted molar refractivity (Wildman–Crippen MR) is 186 cm³/mol. The molecule has 0 saturated carbocycles. The number of likely N-dealkylation sites (N-methyl/N-ethyl adjacent to an activating group) is 1. The van der Waals surface area contributed by atoms with Crippen LogP contribution < -0.4 is 14.2 Å². The monoisotopic (exact) mass is 682 g/mol. The van der Waals surface area contributed by atoms with Crippen LogP contribution in [-0.4, -0.2) is 65.7 Å². The molecule has 1 aliphatic heterocycles. The first-order valence-electron chi connectivity index (χ1n) is 15.7. The van der Waals surface area contributed by atoms with Gasteiger partial charge in [-0.05, 0) is 91.9 Å². The van der Waals surface area contributed by atoms with Gasteiger partial charge in [0.2, 0.25) is 9.84 Å². The lowest BCUT2D eigenvalue weighted by atomic mass is 10.1. The lowest BCUT2D eigenvalue weighted by Gasteiger charge is -2.28. The molecule has 1 aliphatic rings. The number of methoxy groups -OCH3 is 2. The van der Waals surface area contributed by atoms with Crippen LogP contribution in [0.1, 0.15) is 39.8 Å². The molecule has 0 saturated heterocycles. The molecule has 1 aromatic heterocycles. The van der Waals surface area contributed by atoms with Crippen molar-refractivity contribution in [2.75, 3.05) is 47.5 Å². The second-order valence-corrected chi connectivity index (χ2v) is 15.1. The zero-order valence-electron chi connectivity index (χ0n) is 27.1. The highest BCUT2D eigenvalue weighted by atomic mass is 35.5. The fraction of sp³-hybridized carbons (Fsp3) is 0.389. The van der Waals surface area contributed by atoms with Crippen LogP contribution in [0.25, 0.3) is 0 Å². The molecule has 0 N–H and O–H groups in total. The SMILES string of the molecule is CCc1sc2c(c1S(=O)(=O)c1ccc(OCCCN(C)CCc3ccc(OC)c(OC)c3)cc1)CN(Cc1ccccc1Cl)CC2. The summed E-state index contributed by atoms with van der Waals surface area (Å²) < 4.78 is 44.8. The van der Waals surface area contributed by atoms with Crippen LogP contribution >= 0.6 is 22.9 Å². The first kappa shape index (κ1) is 34.3. The summed E-state index contributed by atoms with van der Waals surface area (Å²) >= 11 is 8.08. The molecule has 0 spiro atoms. The van der Waals surface area contributed by atoms with Gasteiger partial charge in [-0.25, -0.2) is 8.42 Å². The highest BCUT2D eigenvalue weighted by Gasteiger charge is 2.32. The van der Waals surface area contributed by atoms with E-state index in [2.05, 4.69) is 22.9 Å². The Labute approximate surface area is 282 Å². The van der Waals surface area contributed by atoms with Gasteiger partial charge in [0.25, 0.3) is 0 Å². The number of fused-ring (bicyclic) bond motifs is 1. The van der Waals surface area contributed by atoms with Gasteiger partial charge < -0.3 is 19.1 Å². The van der Waals surface area contributed by atoms with E-state index in [-0.39, 0.29) is 0 Å². The van der Waals surface area contributed by atoms with Crippen molar-refractivity contribution in [3.05, 3.63) is 98.2 Å². The quantitative estimate of drug-likeness (QED) is 0.122. The van der Waals surface area contributed by atoms with Crippen LogP contribution in [0.5, 0.6) is 17.2 Å². The molecule has 5 rings (SSSR count). The molecular formula is C36H43ClN2O5S2. The Morgan fingerprint density at radius 2 is 1.74 bits per heavy atom. The van der Waals surface area contributed by atoms with Gasteiger partial charge in [-0.15, -0.1) is 11.3 Å². The molecule has 0 radical (unpaired) electrons. The van der Waals surface area contributed by atoms with Gasteiger partial charge >= 0.3 is 0 Å². The van der Waals surface area contributed by atoms with Crippen molar-refractivity contribution in [1.82, 2.24) is 9.80 Å². The molecule has 0 aliphatic carbocycles. The molecule has 0 atom stereocenters. The zero-order valence-corrected chi connectivity index (χ0v) is 29.4. The van der Waals surface area contributed by atoms with Crippen molar-refractivity contribution in [2.24, 2.45) is 0 Å². The van der Waals surface area contributed by atoms with E-state index in [1.807, 2.05) is 43.3 Å². The predicted octanol–water partition coefficient (Wildman–Crippen LogP) is 7.32. The number of halogens is 1. The summed E-state index contributed by atoms with van der Waals surface area (Å²) in [5.74, 6) is 2.14. The van der Waals surface area contributed by atoms with Gasteiger partial charge in [0.1, 0.15) is 5.75 Å². The second-order valence-electron chi connectivity index (χ2n) is 11.6. The Hall–Kier alpha value is -3.08. The third-order valence-corrected chi connectivity index (χ3v) is 12.3. The lowest BCUT2D eigenvalue weighted by molar-refractivity contribution is 0.245. The summed E-state index contributed by atoms with van der Waals surface area (Å²) in [4.78, 5) is 7.47. The maximum atomic E-state index is 14.1. The molecule has 7 nitrogen and oxygen atoms in total. The maximum Gasteiger partial charge on any atom is 0.208 e. The topological polar surface area (TPSA) is 68.3 Å². The summed E-state index contributed by atoms with van der Waals surface area (Å²) in [6.45, 7) is 6.53. The number of nitrogens with zero attached hydrogens (tertiary/aromatic N) is 2. The minimum atomic E-state index is -3.69. The fourth-order valence-corrected chi connectivity index (χ4v) is 9.39. The number of benzene rings is 3. The first-order chi connectivity index (χ1) is 22.2. The van der Waals surface area contributed by atoms with Gasteiger partial charge in [-0.1, -0.05) is 42.8 Å².